The first-order valence-electron chi connectivity index (χ1n) is 7.89. The number of amides is 1. The van der Waals surface area contributed by atoms with E-state index >= 15 is 0 Å². The van der Waals surface area contributed by atoms with E-state index in [4.69, 9.17) is 4.74 Å². The minimum absolute atomic E-state index is 0.346. The van der Waals surface area contributed by atoms with Gasteiger partial charge in [0.25, 0.3) is 0 Å². The van der Waals surface area contributed by atoms with E-state index in [2.05, 4.69) is 9.80 Å². The van der Waals surface area contributed by atoms with Crippen molar-refractivity contribution in [2.75, 3.05) is 45.9 Å². The summed E-state index contributed by atoms with van der Waals surface area (Å²) in [5.41, 5.74) is 0. The number of hydrogen-bond acceptors (Lipinski definition) is 3. The molecule has 0 N–H and O–H groups in total. The highest BCUT2D eigenvalue weighted by molar-refractivity contribution is 5.76. The topological polar surface area (TPSA) is 32.8 Å². The first-order chi connectivity index (χ1) is 9.31. The van der Waals surface area contributed by atoms with Crippen LogP contribution in [0.1, 0.15) is 32.1 Å². The average molecular weight is 266 g/mol. The van der Waals surface area contributed by atoms with Gasteiger partial charge in [0.15, 0.2) is 0 Å². The van der Waals surface area contributed by atoms with Crippen LogP contribution >= 0.6 is 0 Å². The third kappa shape index (κ3) is 3.48. The van der Waals surface area contributed by atoms with Crippen LogP contribution in [0.3, 0.4) is 0 Å². The van der Waals surface area contributed by atoms with Crippen LogP contribution in [0.2, 0.25) is 0 Å². The lowest BCUT2D eigenvalue weighted by Gasteiger charge is -2.38. The molecule has 2 heterocycles. The molecule has 108 valence electrons. The van der Waals surface area contributed by atoms with Crippen LogP contribution in [-0.4, -0.2) is 61.6 Å². The summed E-state index contributed by atoms with van der Waals surface area (Å²) in [6.45, 7) is 6.89. The summed E-state index contributed by atoms with van der Waals surface area (Å²) in [5.74, 6) is 1.76. The van der Waals surface area contributed by atoms with E-state index in [0.717, 1.165) is 51.7 Å². The third-order valence-corrected chi connectivity index (χ3v) is 4.95. The molecule has 3 rings (SSSR count). The molecule has 19 heavy (non-hydrogen) atoms. The van der Waals surface area contributed by atoms with E-state index in [1.165, 1.54) is 25.8 Å². The summed E-state index contributed by atoms with van der Waals surface area (Å²) in [4.78, 5) is 16.8. The number of piperazine rings is 1. The molecule has 4 nitrogen and oxygen atoms in total. The van der Waals surface area contributed by atoms with Crippen molar-refractivity contribution in [3.8, 4) is 0 Å². The lowest BCUT2D eigenvalue weighted by atomic mass is 9.85. The Balaban J connectivity index is 1.37. The molecule has 1 atom stereocenters. The van der Waals surface area contributed by atoms with Gasteiger partial charge in [-0.1, -0.05) is 6.42 Å². The van der Waals surface area contributed by atoms with Crippen molar-refractivity contribution >= 4 is 5.91 Å². The lowest BCUT2D eigenvalue weighted by Crippen LogP contribution is -2.50. The third-order valence-electron chi connectivity index (χ3n) is 4.95. The monoisotopic (exact) mass is 266 g/mol. The van der Waals surface area contributed by atoms with E-state index in [9.17, 15) is 4.79 Å². The first kappa shape index (κ1) is 13.4. The zero-order valence-corrected chi connectivity index (χ0v) is 11.9. The van der Waals surface area contributed by atoms with E-state index in [0.29, 0.717) is 18.2 Å². The fourth-order valence-corrected chi connectivity index (χ4v) is 3.34. The molecule has 2 saturated heterocycles. The molecule has 0 aromatic carbocycles. The highest BCUT2D eigenvalue weighted by atomic mass is 16.5. The number of hydrogen-bond donors (Lipinski definition) is 0. The summed E-state index contributed by atoms with van der Waals surface area (Å²) in [6.07, 6.45) is 6.02. The van der Waals surface area contributed by atoms with Crippen LogP contribution in [0.5, 0.6) is 0 Å². The molecule has 1 aliphatic carbocycles. The molecule has 3 fully saturated rings. The average Bonchev–Trinajstić information content (AvgIpc) is 2.87. The van der Waals surface area contributed by atoms with Gasteiger partial charge in [0, 0.05) is 52.4 Å². The van der Waals surface area contributed by atoms with Crippen molar-refractivity contribution in [1.29, 1.82) is 0 Å². The fraction of sp³-hybridized carbons (Fsp3) is 0.933. The van der Waals surface area contributed by atoms with E-state index in [1.807, 2.05) is 0 Å². The van der Waals surface area contributed by atoms with Gasteiger partial charge in [-0.2, -0.15) is 0 Å². The zero-order chi connectivity index (χ0) is 13.1. The second-order valence-corrected chi connectivity index (χ2v) is 6.41. The molecule has 0 radical (unpaired) electrons. The van der Waals surface area contributed by atoms with Gasteiger partial charge in [-0.05, 0) is 31.1 Å². The fourth-order valence-electron chi connectivity index (χ4n) is 3.34. The van der Waals surface area contributed by atoms with Crippen molar-refractivity contribution in [2.24, 2.45) is 11.8 Å². The van der Waals surface area contributed by atoms with E-state index < -0.39 is 0 Å². The van der Waals surface area contributed by atoms with Crippen LogP contribution in [0.15, 0.2) is 0 Å². The lowest BCUT2D eigenvalue weighted by molar-refractivity contribution is -0.134. The van der Waals surface area contributed by atoms with Gasteiger partial charge in [0.1, 0.15) is 0 Å². The van der Waals surface area contributed by atoms with Gasteiger partial charge in [-0.25, -0.2) is 0 Å². The van der Waals surface area contributed by atoms with Gasteiger partial charge < -0.3 is 9.64 Å². The van der Waals surface area contributed by atoms with Crippen molar-refractivity contribution in [3.05, 3.63) is 0 Å². The maximum Gasteiger partial charge on any atom is 0.223 e. The molecular weight excluding hydrogens is 240 g/mol. The highest BCUT2D eigenvalue weighted by Crippen LogP contribution is 2.27. The van der Waals surface area contributed by atoms with E-state index in [-0.39, 0.29) is 0 Å². The Morgan fingerprint density at radius 3 is 2.42 bits per heavy atom. The van der Waals surface area contributed by atoms with Crippen LogP contribution in [0.4, 0.5) is 0 Å². The SMILES string of the molecule is O=C(C[C@@H]1CCOC1)N1CCN(CC2CCC2)CC1. The molecule has 4 heteroatoms. The molecule has 2 aliphatic heterocycles. The first-order valence-corrected chi connectivity index (χ1v) is 7.89. The summed E-state index contributed by atoms with van der Waals surface area (Å²) >= 11 is 0. The minimum Gasteiger partial charge on any atom is -0.381 e. The number of carbonyl (C=O) groups excluding carboxylic acids is 1. The maximum absolute atomic E-state index is 12.2. The Labute approximate surface area is 116 Å². The van der Waals surface area contributed by atoms with E-state index in [1.54, 1.807) is 0 Å². The highest BCUT2D eigenvalue weighted by Gasteiger charge is 2.27. The Bertz CT molecular complexity index is 303. The van der Waals surface area contributed by atoms with Gasteiger partial charge >= 0.3 is 0 Å². The summed E-state index contributed by atoms with van der Waals surface area (Å²) in [6, 6.07) is 0. The molecule has 0 unspecified atom stereocenters. The minimum atomic E-state index is 0.346. The summed E-state index contributed by atoms with van der Waals surface area (Å²) in [7, 11) is 0. The molecule has 1 amide bonds. The zero-order valence-electron chi connectivity index (χ0n) is 11.9. The van der Waals surface area contributed by atoms with Gasteiger partial charge in [-0.15, -0.1) is 0 Å². The number of carbonyl (C=O) groups is 1. The Hall–Kier alpha value is -0.610. The second-order valence-electron chi connectivity index (χ2n) is 6.41. The van der Waals surface area contributed by atoms with Gasteiger partial charge in [0.2, 0.25) is 5.91 Å². The van der Waals surface area contributed by atoms with Crippen molar-refractivity contribution < 1.29 is 9.53 Å². The molecular formula is C15H26N2O2. The molecule has 0 aromatic rings. The van der Waals surface area contributed by atoms with Gasteiger partial charge in [-0.3, -0.25) is 9.69 Å². The molecule has 0 bridgehead atoms. The van der Waals surface area contributed by atoms with Crippen LogP contribution in [0, 0.1) is 11.8 Å². The summed E-state index contributed by atoms with van der Waals surface area (Å²) in [5, 5.41) is 0. The maximum atomic E-state index is 12.2. The predicted molar refractivity (Wildman–Crippen MR) is 73.9 cm³/mol. The molecule has 0 aromatic heterocycles. The number of nitrogens with zero attached hydrogens (tertiary/aromatic N) is 2. The number of ether oxygens (including phenoxy) is 1. The molecule has 1 saturated carbocycles. The predicted octanol–water partition coefficient (Wildman–Crippen LogP) is 1.36. The van der Waals surface area contributed by atoms with Gasteiger partial charge in [0.05, 0.1) is 0 Å². The van der Waals surface area contributed by atoms with Crippen LogP contribution < -0.4 is 0 Å². The Morgan fingerprint density at radius 1 is 1.05 bits per heavy atom. The normalized spacial score (nSPS) is 29.5. The molecule has 0 spiro atoms. The van der Waals surface area contributed by atoms with Crippen LogP contribution in [-0.2, 0) is 9.53 Å². The van der Waals surface area contributed by atoms with Crippen molar-refractivity contribution in [2.45, 2.75) is 32.1 Å². The molecule has 3 aliphatic rings. The Morgan fingerprint density at radius 2 is 1.84 bits per heavy atom. The van der Waals surface area contributed by atoms with Crippen molar-refractivity contribution in [1.82, 2.24) is 9.80 Å². The largest absolute Gasteiger partial charge is 0.381 e. The standard InChI is InChI=1S/C15H26N2O2/c18-15(10-14-4-9-19-12-14)17-7-5-16(6-8-17)11-13-2-1-3-13/h13-14H,1-12H2/t14-/m0/s1. The second kappa shape index (κ2) is 6.23. The van der Waals surface area contributed by atoms with Crippen LogP contribution in [0.25, 0.3) is 0 Å². The smallest absolute Gasteiger partial charge is 0.223 e. The van der Waals surface area contributed by atoms with Crippen molar-refractivity contribution in [3.63, 3.8) is 0 Å². The Kier molecular flexibility index (Phi) is 4.38. The summed E-state index contributed by atoms with van der Waals surface area (Å²) < 4.78 is 5.35. The quantitative estimate of drug-likeness (QED) is 0.770. The number of rotatable bonds is 4.